The number of carbonyl (C=O) groups is 1. The summed E-state index contributed by atoms with van der Waals surface area (Å²) in [5.41, 5.74) is 7.00. The molecule has 0 heterocycles. The van der Waals surface area contributed by atoms with Crippen LogP contribution in [0.15, 0.2) is 35.3 Å². The Kier molecular flexibility index (Phi) is 5.41. The topological polar surface area (TPSA) is 79.5 Å². The predicted octanol–water partition coefficient (Wildman–Crippen LogP) is 0.660. The number of nitrogens with zero attached hydrogens (tertiary/aromatic N) is 1. The molecule has 2 rings (SSSR count). The van der Waals surface area contributed by atoms with E-state index in [4.69, 9.17) is 5.73 Å². The van der Waals surface area contributed by atoms with Gasteiger partial charge in [-0.3, -0.25) is 9.79 Å². The minimum absolute atomic E-state index is 0.159. The first-order chi connectivity index (χ1) is 9.75. The minimum Gasteiger partial charge on any atom is -0.370 e. The van der Waals surface area contributed by atoms with Gasteiger partial charge in [-0.25, -0.2) is 0 Å². The van der Waals surface area contributed by atoms with E-state index < -0.39 is 0 Å². The van der Waals surface area contributed by atoms with E-state index in [1.807, 2.05) is 18.2 Å². The molecule has 1 aliphatic rings. The number of hydrogen-bond acceptors (Lipinski definition) is 2. The number of hydrogen-bond donors (Lipinski definition) is 3. The van der Waals surface area contributed by atoms with Crippen LogP contribution in [0.3, 0.4) is 0 Å². The molecule has 1 aromatic rings. The molecular weight excluding hydrogens is 252 g/mol. The average Bonchev–Trinajstić information content (AvgIpc) is 3.29. The van der Waals surface area contributed by atoms with Crippen LogP contribution in [0, 0.1) is 5.92 Å². The van der Waals surface area contributed by atoms with Crippen LogP contribution in [0.1, 0.15) is 18.4 Å². The summed E-state index contributed by atoms with van der Waals surface area (Å²) in [6, 6.07) is 10.2. The van der Waals surface area contributed by atoms with Crippen LogP contribution in [-0.4, -0.2) is 31.5 Å². The lowest BCUT2D eigenvalue weighted by Gasteiger charge is -2.07. The highest BCUT2D eigenvalue weighted by Gasteiger charge is 2.28. The summed E-state index contributed by atoms with van der Waals surface area (Å²) in [4.78, 5) is 15.6. The molecule has 1 fully saturated rings. The normalized spacial score (nSPS) is 14.9. The van der Waals surface area contributed by atoms with E-state index in [1.54, 1.807) is 0 Å². The van der Waals surface area contributed by atoms with E-state index >= 15 is 0 Å². The van der Waals surface area contributed by atoms with Gasteiger partial charge in [-0.05, 0) is 24.8 Å². The van der Waals surface area contributed by atoms with Gasteiger partial charge >= 0.3 is 0 Å². The summed E-state index contributed by atoms with van der Waals surface area (Å²) < 4.78 is 0. The van der Waals surface area contributed by atoms with E-state index in [0.29, 0.717) is 25.6 Å². The Morgan fingerprint density at radius 1 is 1.20 bits per heavy atom. The number of benzene rings is 1. The van der Waals surface area contributed by atoms with Gasteiger partial charge < -0.3 is 16.4 Å². The van der Waals surface area contributed by atoms with Crippen molar-refractivity contribution in [2.75, 3.05) is 19.6 Å². The number of amides is 1. The van der Waals surface area contributed by atoms with Gasteiger partial charge in [0.1, 0.15) is 0 Å². The van der Waals surface area contributed by atoms with Gasteiger partial charge in [0.25, 0.3) is 0 Å². The van der Waals surface area contributed by atoms with Crippen molar-refractivity contribution >= 4 is 11.9 Å². The molecule has 1 aromatic carbocycles. The van der Waals surface area contributed by atoms with Crippen molar-refractivity contribution in [1.29, 1.82) is 0 Å². The third-order valence-corrected chi connectivity index (χ3v) is 3.20. The molecule has 108 valence electrons. The van der Waals surface area contributed by atoms with Gasteiger partial charge in [0.15, 0.2) is 5.96 Å². The van der Waals surface area contributed by atoms with Crippen LogP contribution in [0.25, 0.3) is 0 Å². The minimum atomic E-state index is 0.159. The van der Waals surface area contributed by atoms with Crippen molar-refractivity contribution in [3.8, 4) is 0 Å². The van der Waals surface area contributed by atoms with Crippen molar-refractivity contribution in [1.82, 2.24) is 10.6 Å². The Hall–Kier alpha value is -2.04. The van der Waals surface area contributed by atoms with E-state index in [9.17, 15) is 4.79 Å². The van der Waals surface area contributed by atoms with Gasteiger partial charge in [0.05, 0.1) is 0 Å². The summed E-state index contributed by atoms with van der Waals surface area (Å²) in [5, 5.41) is 5.87. The maximum Gasteiger partial charge on any atom is 0.223 e. The second-order valence-corrected chi connectivity index (χ2v) is 4.99. The van der Waals surface area contributed by atoms with Gasteiger partial charge in [0.2, 0.25) is 5.91 Å². The molecule has 0 unspecified atom stereocenters. The number of nitrogens with two attached hydrogens (primary N) is 1. The fraction of sp³-hybridized carbons (Fsp3) is 0.467. The monoisotopic (exact) mass is 274 g/mol. The molecule has 1 amide bonds. The fourth-order valence-corrected chi connectivity index (χ4v) is 1.87. The Morgan fingerprint density at radius 2 is 1.90 bits per heavy atom. The Bertz CT molecular complexity index is 454. The highest BCUT2D eigenvalue weighted by atomic mass is 16.2. The molecule has 0 radical (unpaired) electrons. The summed E-state index contributed by atoms with van der Waals surface area (Å²) in [6.45, 7) is 1.86. The Morgan fingerprint density at radius 3 is 2.60 bits per heavy atom. The molecule has 1 aliphatic carbocycles. The van der Waals surface area contributed by atoms with E-state index in [1.165, 1.54) is 5.56 Å². The molecule has 1 saturated carbocycles. The zero-order chi connectivity index (χ0) is 14.2. The maximum absolute atomic E-state index is 11.4. The summed E-state index contributed by atoms with van der Waals surface area (Å²) in [5.74, 6) is 0.847. The van der Waals surface area contributed by atoms with Gasteiger partial charge in [-0.15, -0.1) is 0 Å². The van der Waals surface area contributed by atoms with Crippen molar-refractivity contribution in [3.05, 3.63) is 35.9 Å². The molecule has 0 bridgehead atoms. The zero-order valence-electron chi connectivity index (χ0n) is 11.6. The molecule has 4 N–H and O–H groups in total. The van der Waals surface area contributed by atoms with Gasteiger partial charge in [-0.2, -0.15) is 0 Å². The zero-order valence-corrected chi connectivity index (χ0v) is 11.6. The van der Waals surface area contributed by atoms with E-state index in [0.717, 1.165) is 19.3 Å². The number of carbonyl (C=O) groups excluding carboxylic acids is 1. The second-order valence-electron chi connectivity index (χ2n) is 4.99. The quantitative estimate of drug-likeness (QED) is 0.388. The largest absolute Gasteiger partial charge is 0.370 e. The predicted molar refractivity (Wildman–Crippen MR) is 80.4 cm³/mol. The average molecular weight is 274 g/mol. The second kappa shape index (κ2) is 7.53. The Labute approximate surface area is 119 Å². The molecule has 0 aromatic heterocycles. The molecule has 0 saturated heterocycles. The molecule has 5 nitrogen and oxygen atoms in total. The lowest BCUT2D eigenvalue weighted by atomic mass is 10.2. The third kappa shape index (κ3) is 5.30. The van der Waals surface area contributed by atoms with Crippen LogP contribution >= 0.6 is 0 Å². The van der Waals surface area contributed by atoms with Crippen LogP contribution in [0.5, 0.6) is 0 Å². The first-order valence-corrected chi connectivity index (χ1v) is 7.11. The lowest BCUT2D eigenvalue weighted by molar-refractivity contribution is -0.122. The highest BCUT2D eigenvalue weighted by Crippen LogP contribution is 2.28. The molecule has 20 heavy (non-hydrogen) atoms. The molecule has 0 spiro atoms. The first-order valence-electron chi connectivity index (χ1n) is 7.11. The van der Waals surface area contributed by atoms with Crippen molar-refractivity contribution in [2.45, 2.75) is 19.3 Å². The SMILES string of the molecule is NC(=NCCc1ccccc1)NCCNC(=O)C1CC1. The van der Waals surface area contributed by atoms with E-state index in [2.05, 4.69) is 27.8 Å². The van der Waals surface area contributed by atoms with Crippen molar-refractivity contribution in [2.24, 2.45) is 16.6 Å². The van der Waals surface area contributed by atoms with Crippen LogP contribution in [0.2, 0.25) is 0 Å². The van der Waals surface area contributed by atoms with Crippen LogP contribution in [0.4, 0.5) is 0 Å². The van der Waals surface area contributed by atoms with Crippen LogP contribution in [-0.2, 0) is 11.2 Å². The number of rotatable bonds is 7. The van der Waals surface area contributed by atoms with E-state index in [-0.39, 0.29) is 11.8 Å². The molecule has 0 aliphatic heterocycles. The highest BCUT2D eigenvalue weighted by molar-refractivity contribution is 5.81. The molecule has 5 heteroatoms. The van der Waals surface area contributed by atoms with Crippen LogP contribution < -0.4 is 16.4 Å². The molecular formula is C15H22N4O. The summed E-state index contributed by atoms with van der Waals surface area (Å²) in [6.07, 6.45) is 2.94. The maximum atomic E-state index is 11.4. The van der Waals surface area contributed by atoms with Gasteiger partial charge in [0, 0.05) is 25.6 Å². The smallest absolute Gasteiger partial charge is 0.223 e. The fourth-order valence-electron chi connectivity index (χ4n) is 1.87. The van der Waals surface area contributed by atoms with Crippen molar-refractivity contribution in [3.63, 3.8) is 0 Å². The Balaban J connectivity index is 1.55. The summed E-state index contributed by atoms with van der Waals surface area (Å²) in [7, 11) is 0. The van der Waals surface area contributed by atoms with Crippen molar-refractivity contribution < 1.29 is 4.79 Å². The molecule has 0 atom stereocenters. The third-order valence-electron chi connectivity index (χ3n) is 3.20. The number of nitrogens with one attached hydrogen (secondary N) is 2. The number of aliphatic imine (C=N–C) groups is 1. The van der Waals surface area contributed by atoms with Gasteiger partial charge in [-0.1, -0.05) is 30.3 Å². The number of guanidine groups is 1. The summed E-state index contributed by atoms with van der Waals surface area (Å²) >= 11 is 0. The first kappa shape index (κ1) is 14.4. The standard InChI is InChI=1S/C15H22N4O/c16-15(18-9-8-12-4-2-1-3-5-12)19-11-10-17-14(20)13-6-7-13/h1-5,13H,6-11H2,(H,17,20)(H3,16,18,19). The lowest BCUT2D eigenvalue weighted by Crippen LogP contribution is -2.38.